The second-order valence-corrected chi connectivity index (χ2v) is 4.90. The predicted octanol–water partition coefficient (Wildman–Crippen LogP) is 2.44. The van der Waals surface area contributed by atoms with Crippen LogP contribution < -0.4 is 14.8 Å². The van der Waals surface area contributed by atoms with Gasteiger partial charge in [0.15, 0.2) is 6.61 Å². The number of para-hydroxylation sites is 1. The summed E-state index contributed by atoms with van der Waals surface area (Å²) in [5.41, 5.74) is 1.40. The van der Waals surface area contributed by atoms with Crippen LogP contribution in [-0.2, 0) is 4.79 Å². The van der Waals surface area contributed by atoms with Gasteiger partial charge in [-0.15, -0.1) is 0 Å². The number of ether oxygens (including phenoxy) is 2. The smallest absolute Gasteiger partial charge is 0.262 e. The van der Waals surface area contributed by atoms with Gasteiger partial charge in [0, 0.05) is 23.3 Å². The summed E-state index contributed by atoms with van der Waals surface area (Å²) < 4.78 is 10.7. The van der Waals surface area contributed by atoms with Gasteiger partial charge in [0.2, 0.25) is 0 Å². The molecule has 6 nitrogen and oxygen atoms in total. The maximum Gasteiger partial charge on any atom is 0.262 e. The Labute approximate surface area is 139 Å². The van der Waals surface area contributed by atoms with E-state index in [1.807, 2.05) is 36.4 Å². The van der Waals surface area contributed by atoms with Crippen LogP contribution in [0.5, 0.6) is 11.5 Å². The van der Waals surface area contributed by atoms with E-state index in [1.54, 1.807) is 31.5 Å². The maximum atomic E-state index is 12.0. The van der Waals surface area contributed by atoms with Crippen LogP contribution in [0.1, 0.15) is 0 Å². The maximum absolute atomic E-state index is 12.0. The Morgan fingerprint density at radius 3 is 2.75 bits per heavy atom. The fourth-order valence-corrected chi connectivity index (χ4v) is 2.23. The number of benzene rings is 2. The molecule has 0 aliphatic rings. The topological polar surface area (TPSA) is 92.0 Å². The Morgan fingerprint density at radius 2 is 1.92 bits per heavy atom. The number of nitrogens with zero attached hydrogens (tertiary/aromatic N) is 1. The number of pyridine rings is 1. The summed E-state index contributed by atoms with van der Waals surface area (Å²) in [6.07, 6.45) is 1.70. The van der Waals surface area contributed by atoms with E-state index in [9.17, 15) is 4.79 Å². The van der Waals surface area contributed by atoms with E-state index in [-0.39, 0.29) is 18.0 Å². The zero-order valence-electron chi connectivity index (χ0n) is 13.2. The summed E-state index contributed by atoms with van der Waals surface area (Å²) in [6, 6.07) is 16.6. The molecule has 0 aliphatic carbocycles. The van der Waals surface area contributed by atoms with Crippen molar-refractivity contribution in [3.63, 3.8) is 0 Å². The molecule has 6 heteroatoms. The van der Waals surface area contributed by atoms with Gasteiger partial charge in [0.05, 0.1) is 7.11 Å². The second kappa shape index (κ2) is 7.94. The first kappa shape index (κ1) is 17.2. The van der Waals surface area contributed by atoms with E-state index >= 15 is 0 Å². The first-order chi connectivity index (χ1) is 11.3. The number of fused-ring (bicyclic) bond motifs is 1. The summed E-state index contributed by atoms with van der Waals surface area (Å²) in [6.45, 7) is -0.0904. The van der Waals surface area contributed by atoms with Gasteiger partial charge in [-0.1, -0.05) is 24.3 Å². The van der Waals surface area contributed by atoms with Crippen molar-refractivity contribution < 1.29 is 19.7 Å². The van der Waals surface area contributed by atoms with E-state index in [2.05, 4.69) is 10.3 Å². The molecule has 124 valence electrons. The molecule has 0 saturated carbocycles. The average molecular weight is 326 g/mol. The summed E-state index contributed by atoms with van der Waals surface area (Å²) in [7, 11) is 1.58. The minimum atomic E-state index is -0.244. The van der Waals surface area contributed by atoms with E-state index < -0.39 is 0 Å². The van der Waals surface area contributed by atoms with Crippen molar-refractivity contribution in [1.82, 2.24) is 4.98 Å². The first-order valence-electron chi connectivity index (χ1n) is 7.17. The van der Waals surface area contributed by atoms with Gasteiger partial charge in [0.25, 0.3) is 5.91 Å². The normalized spacial score (nSPS) is 9.88. The summed E-state index contributed by atoms with van der Waals surface area (Å²) in [5, 5.41) is 3.74. The standard InChI is InChI=1S/C18H16N2O3.H2O/c1-22-15-8-3-7-14(11-15)20-17(21)12-23-16-9-2-5-13-6-4-10-19-18(13)16;/h2-11H,12H2,1H3,(H,20,21);1H2. The zero-order valence-corrected chi connectivity index (χ0v) is 13.2. The number of amides is 1. The number of carbonyl (C=O) groups is 1. The molecule has 3 aromatic rings. The lowest BCUT2D eigenvalue weighted by Gasteiger charge is -2.10. The van der Waals surface area contributed by atoms with Crippen molar-refractivity contribution in [3.05, 3.63) is 60.8 Å². The van der Waals surface area contributed by atoms with Gasteiger partial charge in [-0.25, -0.2) is 0 Å². The number of hydrogen-bond acceptors (Lipinski definition) is 4. The molecule has 1 heterocycles. The molecule has 0 spiro atoms. The van der Waals surface area contributed by atoms with E-state index in [4.69, 9.17) is 9.47 Å². The number of anilines is 1. The second-order valence-electron chi connectivity index (χ2n) is 4.90. The van der Waals surface area contributed by atoms with E-state index in [1.165, 1.54) is 0 Å². The molecule has 0 saturated heterocycles. The molecule has 0 unspecified atom stereocenters. The van der Waals surface area contributed by atoms with Crippen molar-refractivity contribution >= 4 is 22.5 Å². The van der Waals surface area contributed by atoms with Crippen LogP contribution in [0.15, 0.2) is 60.8 Å². The highest BCUT2D eigenvalue weighted by molar-refractivity contribution is 5.92. The van der Waals surface area contributed by atoms with E-state index in [0.717, 1.165) is 10.9 Å². The molecule has 2 aromatic carbocycles. The van der Waals surface area contributed by atoms with Crippen LogP contribution in [0.3, 0.4) is 0 Å². The number of hydrogen-bond donors (Lipinski definition) is 1. The number of nitrogens with one attached hydrogen (secondary N) is 1. The average Bonchev–Trinajstić information content (AvgIpc) is 2.60. The summed E-state index contributed by atoms with van der Waals surface area (Å²) in [5.74, 6) is 1.03. The lowest BCUT2D eigenvalue weighted by Crippen LogP contribution is -2.20. The van der Waals surface area contributed by atoms with Crippen LogP contribution in [0.4, 0.5) is 5.69 Å². The SMILES string of the molecule is COc1cccc(NC(=O)COc2cccc3cccnc23)c1.O. The van der Waals surface area contributed by atoms with Gasteiger partial charge in [-0.2, -0.15) is 0 Å². The van der Waals surface area contributed by atoms with Crippen molar-refractivity contribution in [3.8, 4) is 11.5 Å². The van der Waals surface area contributed by atoms with Crippen LogP contribution in [0.25, 0.3) is 10.9 Å². The van der Waals surface area contributed by atoms with Crippen LogP contribution in [-0.4, -0.2) is 30.1 Å². The highest BCUT2D eigenvalue weighted by atomic mass is 16.5. The monoisotopic (exact) mass is 326 g/mol. The third kappa shape index (κ3) is 3.99. The molecule has 0 fully saturated rings. The van der Waals surface area contributed by atoms with Gasteiger partial charge in [-0.3, -0.25) is 9.78 Å². The molecular weight excluding hydrogens is 308 g/mol. The lowest BCUT2D eigenvalue weighted by molar-refractivity contribution is -0.118. The molecule has 0 aliphatic heterocycles. The fraction of sp³-hybridized carbons (Fsp3) is 0.111. The zero-order chi connectivity index (χ0) is 16.1. The molecular formula is C18H18N2O4. The van der Waals surface area contributed by atoms with Crippen molar-refractivity contribution in [2.75, 3.05) is 19.0 Å². The molecule has 0 bridgehead atoms. The van der Waals surface area contributed by atoms with Crippen LogP contribution in [0, 0.1) is 0 Å². The summed E-state index contributed by atoms with van der Waals surface area (Å²) >= 11 is 0. The highest BCUT2D eigenvalue weighted by Crippen LogP contribution is 2.23. The minimum Gasteiger partial charge on any atom is -0.497 e. The third-order valence-electron chi connectivity index (χ3n) is 3.31. The molecule has 0 atom stereocenters. The number of carbonyl (C=O) groups excluding carboxylic acids is 1. The summed E-state index contributed by atoms with van der Waals surface area (Å²) in [4.78, 5) is 16.3. The Hall–Kier alpha value is -3.12. The van der Waals surface area contributed by atoms with Crippen molar-refractivity contribution in [1.29, 1.82) is 0 Å². The number of rotatable bonds is 5. The van der Waals surface area contributed by atoms with E-state index in [0.29, 0.717) is 17.2 Å². The van der Waals surface area contributed by atoms with Gasteiger partial charge in [-0.05, 0) is 24.3 Å². The molecule has 0 radical (unpaired) electrons. The van der Waals surface area contributed by atoms with Gasteiger partial charge < -0.3 is 20.3 Å². The fourth-order valence-electron chi connectivity index (χ4n) is 2.23. The molecule has 1 amide bonds. The van der Waals surface area contributed by atoms with Gasteiger partial charge >= 0.3 is 0 Å². The largest absolute Gasteiger partial charge is 0.497 e. The highest BCUT2D eigenvalue weighted by Gasteiger charge is 2.07. The Bertz CT molecular complexity index is 831. The molecule has 3 rings (SSSR count). The van der Waals surface area contributed by atoms with Crippen LogP contribution in [0.2, 0.25) is 0 Å². The number of aromatic nitrogens is 1. The quantitative estimate of drug-likeness (QED) is 0.779. The Balaban J connectivity index is 0.00000208. The Kier molecular flexibility index (Phi) is 5.70. The molecule has 3 N–H and O–H groups in total. The predicted molar refractivity (Wildman–Crippen MR) is 92.5 cm³/mol. The lowest BCUT2D eigenvalue weighted by atomic mass is 10.2. The molecule has 24 heavy (non-hydrogen) atoms. The number of methoxy groups -OCH3 is 1. The first-order valence-corrected chi connectivity index (χ1v) is 7.17. The minimum absolute atomic E-state index is 0. The molecule has 1 aromatic heterocycles. The third-order valence-corrected chi connectivity index (χ3v) is 3.31. The van der Waals surface area contributed by atoms with Gasteiger partial charge in [0.1, 0.15) is 17.0 Å². The van der Waals surface area contributed by atoms with Crippen LogP contribution >= 0.6 is 0 Å². The Morgan fingerprint density at radius 1 is 1.12 bits per heavy atom. The van der Waals surface area contributed by atoms with Crippen molar-refractivity contribution in [2.24, 2.45) is 0 Å². The van der Waals surface area contributed by atoms with Crippen molar-refractivity contribution in [2.45, 2.75) is 0 Å².